The standard InChI is InChI=1S/C22H29N5O2/c1-16-6-8-17(9-7-16)21-19(4-3-15-29-21)25-22(28)24-18-10-13-27(14-11-18)20-5-2-12-23-26-20/h2,5-9,12,18-19,21H,3-4,10-11,13-15H2,1H3,(H2,24,25,28). The van der Waals surface area contributed by atoms with E-state index in [1.807, 2.05) is 12.1 Å². The van der Waals surface area contributed by atoms with Crippen LogP contribution in [0.15, 0.2) is 42.6 Å². The highest BCUT2D eigenvalue weighted by atomic mass is 16.5. The summed E-state index contributed by atoms with van der Waals surface area (Å²) in [5.74, 6) is 0.899. The fourth-order valence-corrected chi connectivity index (χ4v) is 4.12. The number of benzene rings is 1. The van der Waals surface area contributed by atoms with Crippen molar-refractivity contribution in [1.82, 2.24) is 20.8 Å². The predicted molar refractivity (Wildman–Crippen MR) is 112 cm³/mol. The van der Waals surface area contributed by atoms with E-state index in [-0.39, 0.29) is 24.2 Å². The number of aromatic nitrogens is 2. The van der Waals surface area contributed by atoms with Crippen LogP contribution in [0.4, 0.5) is 10.6 Å². The zero-order chi connectivity index (χ0) is 20.1. The van der Waals surface area contributed by atoms with Crippen molar-refractivity contribution in [2.45, 2.75) is 50.8 Å². The van der Waals surface area contributed by atoms with E-state index < -0.39 is 0 Å². The molecule has 29 heavy (non-hydrogen) atoms. The highest BCUT2D eigenvalue weighted by Crippen LogP contribution is 2.28. The summed E-state index contributed by atoms with van der Waals surface area (Å²) < 4.78 is 6.01. The average molecular weight is 396 g/mol. The molecule has 2 atom stereocenters. The molecule has 2 amide bonds. The molecule has 1 aromatic heterocycles. The van der Waals surface area contributed by atoms with Gasteiger partial charge in [0.15, 0.2) is 5.82 Å². The Labute approximate surface area is 171 Å². The molecule has 0 saturated carbocycles. The van der Waals surface area contributed by atoms with Gasteiger partial charge >= 0.3 is 6.03 Å². The molecule has 1 aromatic carbocycles. The second-order valence-electron chi connectivity index (χ2n) is 7.91. The molecule has 2 N–H and O–H groups in total. The van der Waals surface area contributed by atoms with Crippen LogP contribution in [0.5, 0.6) is 0 Å². The third kappa shape index (κ3) is 5.03. The summed E-state index contributed by atoms with van der Waals surface area (Å²) in [6.45, 7) is 4.54. The summed E-state index contributed by atoms with van der Waals surface area (Å²) in [4.78, 5) is 14.9. The highest BCUT2D eigenvalue weighted by molar-refractivity contribution is 5.74. The van der Waals surface area contributed by atoms with Crippen LogP contribution >= 0.6 is 0 Å². The molecule has 0 spiro atoms. The lowest BCUT2D eigenvalue weighted by atomic mass is 9.95. The summed E-state index contributed by atoms with van der Waals surface area (Å²) in [5, 5.41) is 14.4. The lowest BCUT2D eigenvalue weighted by Gasteiger charge is -2.35. The minimum absolute atomic E-state index is 0.00821. The van der Waals surface area contributed by atoms with Gasteiger partial charge in [0, 0.05) is 31.9 Å². The third-order valence-corrected chi connectivity index (χ3v) is 5.76. The fourth-order valence-electron chi connectivity index (χ4n) is 4.12. The quantitative estimate of drug-likeness (QED) is 0.832. The molecule has 4 rings (SSSR count). The van der Waals surface area contributed by atoms with Gasteiger partial charge in [-0.1, -0.05) is 29.8 Å². The van der Waals surface area contributed by atoms with Crippen molar-refractivity contribution in [3.05, 3.63) is 53.7 Å². The topological polar surface area (TPSA) is 79.4 Å². The van der Waals surface area contributed by atoms with Crippen molar-refractivity contribution in [2.75, 3.05) is 24.6 Å². The van der Waals surface area contributed by atoms with Crippen LogP contribution < -0.4 is 15.5 Å². The summed E-state index contributed by atoms with van der Waals surface area (Å²) >= 11 is 0. The zero-order valence-electron chi connectivity index (χ0n) is 16.9. The van der Waals surface area contributed by atoms with Crippen LogP contribution in [0, 0.1) is 6.92 Å². The van der Waals surface area contributed by atoms with Crippen LogP contribution in [0.3, 0.4) is 0 Å². The molecule has 2 aliphatic heterocycles. The van der Waals surface area contributed by atoms with Crippen LogP contribution in [0.25, 0.3) is 0 Å². The van der Waals surface area contributed by atoms with Gasteiger partial charge in [0.05, 0.1) is 6.04 Å². The Kier molecular flexibility index (Phi) is 6.24. The second-order valence-corrected chi connectivity index (χ2v) is 7.91. The molecular formula is C22H29N5O2. The van der Waals surface area contributed by atoms with Gasteiger partial charge in [-0.05, 0) is 50.3 Å². The van der Waals surface area contributed by atoms with Gasteiger partial charge in [-0.3, -0.25) is 0 Å². The number of rotatable bonds is 4. The minimum Gasteiger partial charge on any atom is -0.371 e. The number of amides is 2. The molecule has 3 heterocycles. The van der Waals surface area contributed by atoms with Gasteiger partial charge in [-0.15, -0.1) is 5.10 Å². The van der Waals surface area contributed by atoms with E-state index >= 15 is 0 Å². The fraction of sp³-hybridized carbons (Fsp3) is 0.500. The first-order valence-corrected chi connectivity index (χ1v) is 10.5. The molecule has 2 aromatic rings. The van der Waals surface area contributed by atoms with E-state index in [1.165, 1.54) is 5.56 Å². The second kappa shape index (κ2) is 9.22. The van der Waals surface area contributed by atoms with Crippen LogP contribution in [0.1, 0.15) is 42.9 Å². The van der Waals surface area contributed by atoms with Gasteiger partial charge in [0.1, 0.15) is 6.10 Å². The first-order valence-electron chi connectivity index (χ1n) is 10.5. The Morgan fingerprint density at radius 3 is 2.62 bits per heavy atom. The van der Waals surface area contributed by atoms with Crippen LogP contribution in [0.2, 0.25) is 0 Å². The Balaban J connectivity index is 1.29. The highest BCUT2D eigenvalue weighted by Gasteiger charge is 2.30. The van der Waals surface area contributed by atoms with Crippen molar-refractivity contribution in [3.8, 4) is 0 Å². The Bertz CT molecular complexity index is 791. The molecule has 154 valence electrons. The lowest BCUT2D eigenvalue weighted by molar-refractivity contribution is -0.00753. The summed E-state index contributed by atoms with van der Waals surface area (Å²) in [5.41, 5.74) is 2.34. The van der Waals surface area contributed by atoms with E-state index in [0.717, 1.165) is 56.8 Å². The maximum Gasteiger partial charge on any atom is 0.315 e. The van der Waals surface area contributed by atoms with Gasteiger partial charge in [-0.2, -0.15) is 5.10 Å². The van der Waals surface area contributed by atoms with E-state index in [0.29, 0.717) is 0 Å². The smallest absolute Gasteiger partial charge is 0.315 e. The molecule has 0 bridgehead atoms. The van der Waals surface area contributed by atoms with Crippen molar-refractivity contribution in [2.24, 2.45) is 0 Å². The number of hydrogen-bond donors (Lipinski definition) is 2. The van der Waals surface area contributed by atoms with E-state index in [2.05, 4.69) is 56.9 Å². The van der Waals surface area contributed by atoms with Crippen molar-refractivity contribution >= 4 is 11.8 Å². The van der Waals surface area contributed by atoms with Crippen LogP contribution in [-0.4, -0.2) is 48.0 Å². The van der Waals surface area contributed by atoms with Gasteiger partial charge in [-0.25, -0.2) is 4.79 Å². The minimum atomic E-state index is -0.101. The van der Waals surface area contributed by atoms with Crippen molar-refractivity contribution < 1.29 is 9.53 Å². The molecule has 2 unspecified atom stereocenters. The Hall–Kier alpha value is -2.67. The number of nitrogens with zero attached hydrogens (tertiary/aromatic N) is 3. The van der Waals surface area contributed by atoms with Gasteiger partial charge in [0.25, 0.3) is 0 Å². The number of ether oxygens (including phenoxy) is 1. The molecule has 7 nitrogen and oxygen atoms in total. The molecular weight excluding hydrogens is 366 g/mol. The van der Waals surface area contributed by atoms with Gasteiger partial charge in [0.2, 0.25) is 0 Å². The number of nitrogens with one attached hydrogen (secondary N) is 2. The summed E-state index contributed by atoms with van der Waals surface area (Å²) in [7, 11) is 0. The molecule has 2 fully saturated rings. The predicted octanol–water partition coefficient (Wildman–Crippen LogP) is 2.97. The molecule has 2 aliphatic rings. The van der Waals surface area contributed by atoms with Crippen LogP contribution in [-0.2, 0) is 4.74 Å². The number of aryl methyl sites for hydroxylation is 1. The largest absolute Gasteiger partial charge is 0.371 e. The Morgan fingerprint density at radius 2 is 1.90 bits per heavy atom. The maximum atomic E-state index is 12.6. The zero-order valence-corrected chi connectivity index (χ0v) is 16.9. The average Bonchev–Trinajstić information content (AvgIpc) is 2.76. The number of carbonyl (C=O) groups excluding carboxylic acids is 1. The normalized spacial score (nSPS) is 22.9. The summed E-state index contributed by atoms with van der Waals surface area (Å²) in [6.07, 6.45) is 5.27. The molecule has 7 heteroatoms. The molecule has 2 saturated heterocycles. The number of anilines is 1. The van der Waals surface area contributed by atoms with Gasteiger partial charge < -0.3 is 20.3 Å². The molecule has 0 aliphatic carbocycles. The lowest BCUT2D eigenvalue weighted by Crippen LogP contribution is -2.52. The van der Waals surface area contributed by atoms with Crippen molar-refractivity contribution in [1.29, 1.82) is 0 Å². The number of urea groups is 1. The maximum absolute atomic E-state index is 12.6. The van der Waals surface area contributed by atoms with Crippen molar-refractivity contribution in [3.63, 3.8) is 0 Å². The van der Waals surface area contributed by atoms with E-state index in [4.69, 9.17) is 4.74 Å². The Morgan fingerprint density at radius 1 is 1.10 bits per heavy atom. The monoisotopic (exact) mass is 395 g/mol. The molecule has 0 radical (unpaired) electrons. The SMILES string of the molecule is Cc1ccc(C2OCCCC2NC(=O)NC2CCN(c3cccnn3)CC2)cc1. The van der Waals surface area contributed by atoms with E-state index in [9.17, 15) is 4.79 Å². The number of piperidine rings is 1. The van der Waals surface area contributed by atoms with E-state index in [1.54, 1.807) is 6.20 Å². The first kappa shape index (κ1) is 19.6. The third-order valence-electron chi connectivity index (χ3n) is 5.76. The number of hydrogen-bond acceptors (Lipinski definition) is 5. The summed E-state index contributed by atoms with van der Waals surface area (Å²) in [6, 6.07) is 12.3. The number of carbonyl (C=O) groups is 1. The first-order chi connectivity index (χ1) is 14.2.